The van der Waals surface area contributed by atoms with Crippen molar-refractivity contribution in [2.24, 2.45) is 5.92 Å². The Morgan fingerprint density at radius 1 is 1.18 bits per heavy atom. The van der Waals surface area contributed by atoms with Crippen molar-refractivity contribution < 1.29 is 27.9 Å². The Balaban J connectivity index is 0.000000383. The highest BCUT2D eigenvalue weighted by molar-refractivity contribution is 7.08. The molecule has 1 aliphatic heterocycles. The van der Waals surface area contributed by atoms with Gasteiger partial charge >= 0.3 is 12.1 Å². The first-order chi connectivity index (χ1) is 15.7. The molecule has 1 unspecified atom stereocenters. The lowest BCUT2D eigenvalue weighted by Crippen LogP contribution is -2.34. The topological polar surface area (TPSA) is 113 Å². The summed E-state index contributed by atoms with van der Waals surface area (Å²) in [5.74, 6) is -1.72. The normalized spacial score (nSPS) is 15.6. The Kier molecular flexibility index (Phi) is 7.98. The molecular formula is C20H21F3N6O3S. The van der Waals surface area contributed by atoms with Gasteiger partial charge in [-0.15, -0.1) is 0 Å². The second-order valence-corrected chi connectivity index (χ2v) is 7.94. The van der Waals surface area contributed by atoms with Gasteiger partial charge in [0.1, 0.15) is 0 Å². The van der Waals surface area contributed by atoms with Gasteiger partial charge in [-0.05, 0) is 35.9 Å². The fraction of sp³-hybridized carbons (Fsp3) is 0.350. The van der Waals surface area contributed by atoms with Crippen LogP contribution in [0.4, 0.5) is 19.1 Å². The van der Waals surface area contributed by atoms with E-state index in [0.29, 0.717) is 18.4 Å². The van der Waals surface area contributed by atoms with Crippen molar-refractivity contribution >= 4 is 29.2 Å². The maximum absolute atomic E-state index is 12.9. The lowest BCUT2D eigenvalue weighted by molar-refractivity contribution is -0.192. The number of rotatable bonds is 5. The molecule has 2 N–H and O–H groups in total. The lowest BCUT2D eigenvalue weighted by Gasteiger charge is -2.24. The highest BCUT2D eigenvalue weighted by Gasteiger charge is 2.38. The number of carboxylic acid groups (broad SMARTS) is 1. The molecule has 0 aromatic carbocycles. The van der Waals surface area contributed by atoms with Gasteiger partial charge in [0.25, 0.3) is 5.91 Å². The van der Waals surface area contributed by atoms with Crippen LogP contribution in [-0.4, -0.2) is 60.9 Å². The number of alkyl halides is 3. The number of halogens is 3. The highest BCUT2D eigenvalue weighted by Crippen LogP contribution is 2.21. The number of anilines is 1. The van der Waals surface area contributed by atoms with E-state index in [1.165, 1.54) is 0 Å². The van der Waals surface area contributed by atoms with E-state index in [4.69, 9.17) is 9.90 Å². The van der Waals surface area contributed by atoms with Crippen LogP contribution in [0.2, 0.25) is 0 Å². The van der Waals surface area contributed by atoms with Gasteiger partial charge in [0.15, 0.2) is 0 Å². The van der Waals surface area contributed by atoms with E-state index in [0.717, 1.165) is 37.3 Å². The number of fused-ring (bicyclic) bond motifs is 1. The number of hydrogen-bond acceptors (Lipinski definition) is 7. The van der Waals surface area contributed by atoms with Crippen molar-refractivity contribution in [1.82, 2.24) is 24.6 Å². The third-order valence-corrected chi connectivity index (χ3v) is 5.45. The van der Waals surface area contributed by atoms with Gasteiger partial charge in [-0.25, -0.2) is 14.8 Å². The minimum atomic E-state index is -5.08. The van der Waals surface area contributed by atoms with Crippen molar-refractivity contribution in [2.45, 2.75) is 25.7 Å². The van der Waals surface area contributed by atoms with Crippen LogP contribution in [0.15, 0.2) is 47.5 Å². The molecule has 9 nitrogen and oxygen atoms in total. The molecule has 4 heterocycles. The van der Waals surface area contributed by atoms with Crippen LogP contribution in [-0.2, 0) is 17.9 Å². The minimum Gasteiger partial charge on any atom is -0.475 e. The summed E-state index contributed by atoms with van der Waals surface area (Å²) in [6, 6.07) is 5.68. The molecule has 1 aliphatic rings. The molecule has 33 heavy (non-hydrogen) atoms. The molecule has 0 spiro atoms. The number of amides is 1. The van der Waals surface area contributed by atoms with Gasteiger partial charge < -0.3 is 15.3 Å². The number of aromatic nitrogens is 4. The molecule has 0 radical (unpaired) electrons. The van der Waals surface area contributed by atoms with Crippen molar-refractivity contribution in [3.63, 3.8) is 0 Å². The monoisotopic (exact) mass is 482 g/mol. The zero-order valence-corrected chi connectivity index (χ0v) is 18.1. The maximum atomic E-state index is 12.9. The molecule has 0 bridgehead atoms. The zero-order chi connectivity index (χ0) is 23.8. The van der Waals surface area contributed by atoms with E-state index < -0.39 is 12.1 Å². The number of nitrogens with one attached hydrogen (secondary N) is 1. The van der Waals surface area contributed by atoms with Crippen LogP contribution >= 0.6 is 11.3 Å². The summed E-state index contributed by atoms with van der Waals surface area (Å²) in [5, 5.41) is 18.7. The molecule has 0 saturated heterocycles. The van der Waals surface area contributed by atoms with E-state index >= 15 is 0 Å². The van der Waals surface area contributed by atoms with Crippen LogP contribution in [0.3, 0.4) is 0 Å². The van der Waals surface area contributed by atoms with Gasteiger partial charge in [-0.2, -0.15) is 29.6 Å². The van der Waals surface area contributed by atoms with Gasteiger partial charge in [0, 0.05) is 43.6 Å². The third-order valence-electron chi connectivity index (χ3n) is 4.77. The quantitative estimate of drug-likeness (QED) is 0.574. The molecule has 1 amide bonds. The summed E-state index contributed by atoms with van der Waals surface area (Å²) >= 11 is 1.55. The average Bonchev–Trinajstić information content (AvgIpc) is 3.43. The van der Waals surface area contributed by atoms with Crippen LogP contribution in [0.1, 0.15) is 22.5 Å². The molecule has 0 fully saturated rings. The van der Waals surface area contributed by atoms with Crippen molar-refractivity contribution in [3.8, 4) is 0 Å². The molecule has 3 aromatic heterocycles. The maximum Gasteiger partial charge on any atom is 0.490 e. The Bertz CT molecular complexity index is 1040. The average molecular weight is 482 g/mol. The molecular weight excluding hydrogens is 461 g/mol. The molecule has 0 aliphatic carbocycles. The molecule has 176 valence electrons. The van der Waals surface area contributed by atoms with E-state index in [-0.39, 0.29) is 5.91 Å². The van der Waals surface area contributed by atoms with Crippen LogP contribution in [0, 0.1) is 5.92 Å². The number of hydrogen-bond donors (Lipinski definition) is 2. The summed E-state index contributed by atoms with van der Waals surface area (Å²) in [6.07, 6.45) is 1.07. The number of carbonyl (C=O) groups excluding carboxylic acids is 1. The van der Waals surface area contributed by atoms with E-state index in [2.05, 4.69) is 20.4 Å². The zero-order valence-electron chi connectivity index (χ0n) is 17.3. The summed E-state index contributed by atoms with van der Waals surface area (Å²) < 4.78 is 33.8. The van der Waals surface area contributed by atoms with Crippen molar-refractivity contribution in [1.29, 1.82) is 0 Å². The van der Waals surface area contributed by atoms with E-state index in [1.807, 2.05) is 32.5 Å². The number of carboxylic acids is 1. The Hall–Kier alpha value is -3.48. The molecule has 3 aromatic rings. The smallest absolute Gasteiger partial charge is 0.475 e. The Labute approximate surface area is 190 Å². The molecule has 1 atom stereocenters. The number of carbonyl (C=O) groups is 2. The largest absolute Gasteiger partial charge is 0.490 e. The van der Waals surface area contributed by atoms with Crippen LogP contribution < -0.4 is 5.32 Å². The summed E-state index contributed by atoms with van der Waals surface area (Å²) in [4.78, 5) is 32.0. The fourth-order valence-electron chi connectivity index (χ4n) is 3.22. The van der Waals surface area contributed by atoms with E-state index in [1.54, 1.807) is 36.0 Å². The molecule has 4 rings (SSSR count). The predicted molar refractivity (Wildman–Crippen MR) is 114 cm³/mol. The first-order valence-corrected chi connectivity index (χ1v) is 10.8. The summed E-state index contributed by atoms with van der Waals surface area (Å²) in [6.45, 7) is 2.88. The highest BCUT2D eigenvalue weighted by atomic mass is 32.1. The van der Waals surface area contributed by atoms with Gasteiger partial charge in [0.05, 0.1) is 17.8 Å². The van der Waals surface area contributed by atoms with Gasteiger partial charge in [-0.3, -0.25) is 9.48 Å². The summed E-state index contributed by atoms with van der Waals surface area (Å²) in [5.41, 5.74) is 1.84. The first kappa shape index (κ1) is 24.2. The second kappa shape index (κ2) is 10.9. The number of aliphatic carboxylic acids is 1. The number of nitrogens with zero attached hydrogens (tertiary/aromatic N) is 5. The SMILES string of the molecule is O=C(O)C(F)(F)F.O=C(c1ccsc1)N1Cc2ccnn2CC(CCNc2ncccn2)C1. The standard InChI is InChI=1S/C18H20N6OS.C2HF3O2/c25-17(15-4-9-26-13-15)23-10-14(11-24-16(12-23)3-8-22-24)2-7-21-18-19-5-1-6-20-18;3-2(4,5)1(6)7/h1,3-6,8-9,13-14H,2,7,10-12H2,(H,19,20,21);(H,6,7). The van der Waals surface area contributed by atoms with E-state index in [9.17, 15) is 18.0 Å². The van der Waals surface area contributed by atoms with Crippen LogP contribution in [0.5, 0.6) is 0 Å². The Morgan fingerprint density at radius 2 is 1.91 bits per heavy atom. The van der Waals surface area contributed by atoms with Crippen molar-refractivity contribution in [3.05, 3.63) is 58.8 Å². The predicted octanol–water partition coefficient (Wildman–Crippen LogP) is 3.14. The lowest BCUT2D eigenvalue weighted by atomic mass is 10.0. The minimum absolute atomic E-state index is 0.0882. The second-order valence-electron chi connectivity index (χ2n) is 7.16. The van der Waals surface area contributed by atoms with Gasteiger partial charge in [0.2, 0.25) is 5.95 Å². The number of thiophene rings is 1. The third kappa shape index (κ3) is 7.00. The van der Waals surface area contributed by atoms with Gasteiger partial charge in [-0.1, -0.05) is 0 Å². The van der Waals surface area contributed by atoms with Crippen LogP contribution in [0.25, 0.3) is 0 Å². The molecule has 13 heteroatoms. The fourth-order valence-corrected chi connectivity index (χ4v) is 3.85. The molecule has 0 saturated carbocycles. The Morgan fingerprint density at radius 3 is 2.55 bits per heavy atom. The summed E-state index contributed by atoms with van der Waals surface area (Å²) in [7, 11) is 0. The van der Waals surface area contributed by atoms with Crippen molar-refractivity contribution in [2.75, 3.05) is 18.4 Å². The first-order valence-electron chi connectivity index (χ1n) is 9.87.